The zero-order valence-corrected chi connectivity index (χ0v) is 33.1. The molecule has 0 radical (unpaired) electrons. The molecule has 0 fully saturated rings. The van der Waals surface area contributed by atoms with Crippen molar-refractivity contribution in [2.24, 2.45) is 4.99 Å². The molecule has 2 heterocycles. The van der Waals surface area contributed by atoms with Crippen molar-refractivity contribution in [2.75, 3.05) is 4.90 Å². The average molecular weight is 783 g/mol. The molecule has 0 unspecified atom stereocenters. The largest absolute Gasteiger partial charge is 0.453 e. The van der Waals surface area contributed by atoms with E-state index in [1.54, 1.807) is 0 Å². The Morgan fingerprint density at radius 3 is 1.93 bits per heavy atom. The van der Waals surface area contributed by atoms with Gasteiger partial charge in [-0.15, -0.1) is 0 Å². The van der Waals surface area contributed by atoms with Gasteiger partial charge in [0, 0.05) is 22.0 Å². The minimum absolute atomic E-state index is 0.133. The molecule has 0 saturated carbocycles. The number of nitrogens with zero attached hydrogens (tertiary/aromatic N) is 3. The van der Waals surface area contributed by atoms with E-state index in [4.69, 9.17) is 9.73 Å². The third-order valence-electron chi connectivity index (χ3n) is 11.5. The Hall–Kier alpha value is -8.28. The topological polar surface area (TPSA) is 53.6 Å². The van der Waals surface area contributed by atoms with Crippen molar-refractivity contribution in [1.29, 1.82) is 5.41 Å². The highest BCUT2D eigenvalue weighted by molar-refractivity contribution is 6.25. The fourth-order valence-electron chi connectivity index (χ4n) is 8.55. The zero-order valence-electron chi connectivity index (χ0n) is 33.1. The second-order valence-corrected chi connectivity index (χ2v) is 15.2. The Morgan fingerprint density at radius 2 is 1.11 bits per heavy atom. The summed E-state index contributed by atoms with van der Waals surface area (Å²) in [6.07, 6.45) is 4.08. The lowest BCUT2D eigenvalue weighted by Crippen LogP contribution is -2.15. The molecule has 1 N–H and O–H groups in total. The maximum Gasteiger partial charge on any atom is 0.227 e. The van der Waals surface area contributed by atoms with Gasteiger partial charge in [0.25, 0.3) is 0 Å². The Kier molecular flexibility index (Phi) is 8.90. The number of aromatic nitrogens is 1. The van der Waals surface area contributed by atoms with Crippen LogP contribution in [0.2, 0.25) is 0 Å². The summed E-state index contributed by atoms with van der Waals surface area (Å²) in [6, 6.07) is 73.4. The number of rotatable bonds is 6. The molecule has 0 aliphatic carbocycles. The molecule has 10 aromatic rings. The van der Waals surface area contributed by atoms with E-state index in [2.05, 4.69) is 163 Å². The van der Waals surface area contributed by atoms with Crippen molar-refractivity contribution >= 4 is 67.4 Å². The van der Waals surface area contributed by atoms with Gasteiger partial charge in [-0.3, -0.25) is 9.98 Å². The third-order valence-corrected chi connectivity index (χ3v) is 11.5. The quantitative estimate of drug-likeness (QED) is 0.135. The number of anilines is 3. The van der Waals surface area contributed by atoms with Gasteiger partial charge in [0.15, 0.2) is 11.5 Å². The van der Waals surface area contributed by atoms with Crippen LogP contribution in [0.1, 0.15) is 11.1 Å². The van der Waals surface area contributed by atoms with Crippen LogP contribution >= 0.6 is 0 Å². The lowest BCUT2D eigenvalue weighted by molar-refractivity contribution is 0.477. The highest BCUT2D eigenvalue weighted by atomic mass is 16.5. The molecule has 1 aliphatic rings. The number of hydrogen-bond acceptors (Lipinski definition) is 3. The van der Waals surface area contributed by atoms with Crippen LogP contribution < -0.4 is 9.64 Å². The number of hydrogen-bond donors (Lipinski definition) is 1. The molecule has 9 aromatic carbocycles. The minimum atomic E-state index is 0.133. The Balaban J connectivity index is 1.03. The number of nitrogens with one attached hydrogen (secondary N) is 1. The van der Waals surface area contributed by atoms with Crippen molar-refractivity contribution in [1.82, 2.24) is 4.57 Å². The fourth-order valence-corrected chi connectivity index (χ4v) is 8.55. The molecule has 0 amide bonds. The molecule has 0 atom stereocenters. The maximum absolute atomic E-state index is 9.71. The molecule has 5 heteroatoms. The maximum atomic E-state index is 9.71. The SMILES string of the molecule is N=C(N=C(/C=C/c1ccc(-c2ccccc2)cc1)c1ccccc1)n1c2ccc(-c3ccc4c(c3)N(c3ccccc3)c3ccccc3O4)cc2c2c3ccccc3ccc21. The number of allylic oxidation sites excluding steroid dienone is 1. The smallest absolute Gasteiger partial charge is 0.227 e. The third kappa shape index (κ3) is 6.55. The highest BCUT2D eigenvalue weighted by Gasteiger charge is 2.26. The molecule has 5 nitrogen and oxygen atoms in total. The summed E-state index contributed by atoms with van der Waals surface area (Å²) < 4.78 is 8.45. The van der Waals surface area contributed by atoms with E-state index in [0.29, 0.717) is 5.71 Å². The minimum Gasteiger partial charge on any atom is -0.453 e. The van der Waals surface area contributed by atoms with Gasteiger partial charge >= 0.3 is 0 Å². The molecule has 0 spiro atoms. The van der Waals surface area contributed by atoms with Gasteiger partial charge in [-0.2, -0.15) is 0 Å². The Morgan fingerprint density at radius 1 is 0.492 bits per heavy atom. The van der Waals surface area contributed by atoms with Crippen LogP contribution in [-0.2, 0) is 0 Å². The summed E-state index contributed by atoms with van der Waals surface area (Å²) in [5, 5.41) is 14.1. The van der Waals surface area contributed by atoms with E-state index in [0.717, 1.165) is 83.4 Å². The number of ether oxygens (including phenoxy) is 1. The van der Waals surface area contributed by atoms with E-state index in [1.165, 1.54) is 11.1 Å². The fraction of sp³-hybridized carbons (Fsp3) is 0. The van der Waals surface area contributed by atoms with E-state index in [1.807, 2.05) is 71.3 Å². The van der Waals surface area contributed by atoms with Gasteiger partial charge < -0.3 is 9.64 Å². The van der Waals surface area contributed by atoms with Gasteiger partial charge in [0.1, 0.15) is 0 Å². The van der Waals surface area contributed by atoms with Gasteiger partial charge in [-0.25, -0.2) is 4.99 Å². The van der Waals surface area contributed by atoms with Crippen molar-refractivity contribution in [3.8, 4) is 33.8 Å². The lowest BCUT2D eigenvalue weighted by Gasteiger charge is -2.33. The van der Waals surface area contributed by atoms with Crippen molar-refractivity contribution in [2.45, 2.75) is 0 Å². The van der Waals surface area contributed by atoms with Crippen molar-refractivity contribution in [3.63, 3.8) is 0 Å². The first kappa shape index (κ1) is 35.8. The number of benzene rings is 9. The van der Waals surface area contributed by atoms with E-state index >= 15 is 0 Å². The summed E-state index contributed by atoms with van der Waals surface area (Å²) in [5.41, 5.74) is 12.0. The van der Waals surface area contributed by atoms with Crippen LogP contribution in [-0.4, -0.2) is 16.2 Å². The number of fused-ring (bicyclic) bond motifs is 7. The molecule has 0 saturated heterocycles. The molecule has 61 heavy (non-hydrogen) atoms. The average Bonchev–Trinajstić information content (AvgIpc) is 3.67. The van der Waals surface area contributed by atoms with Crippen molar-refractivity contribution < 1.29 is 4.74 Å². The lowest BCUT2D eigenvalue weighted by atomic mass is 9.99. The molecule has 11 rings (SSSR count). The van der Waals surface area contributed by atoms with Crippen LogP contribution in [0.5, 0.6) is 11.5 Å². The predicted octanol–water partition coefficient (Wildman–Crippen LogP) is 14.8. The molecular weight excluding hydrogens is 745 g/mol. The Bertz CT molecular complexity index is 3330. The first-order valence-corrected chi connectivity index (χ1v) is 20.5. The molecule has 1 aliphatic heterocycles. The molecule has 0 bridgehead atoms. The van der Waals surface area contributed by atoms with Gasteiger partial charge in [-0.05, 0) is 99.3 Å². The standard InChI is InChI=1S/C56H38N4O/c57-56(58-48(42-17-6-2-7-18-42)32-26-38-24-27-40(28-25-38)39-14-4-1-5-15-39)60-49-33-30-43(36-47(49)55-46-21-11-10-16-41(46)29-34-51(55)60)44-31-35-54-52(37-44)59(45-19-8-3-9-20-45)50-22-12-13-23-53(50)61-54/h1-37,57H/b32-26+,57-56?,58-48?. The summed E-state index contributed by atoms with van der Waals surface area (Å²) >= 11 is 0. The summed E-state index contributed by atoms with van der Waals surface area (Å²) in [4.78, 5) is 7.36. The molecule has 288 valence electrons. The van der Waals surface area contributed by atoms with Crippen LogP contribution in [0, 0.1) is 5.41 Å². The molecular formula is C56H38N4O. The van der Waals surface area contributed by atoms with Crippen LogP contribution in [0.25, 0.3) is 60.9 Å². The number of aliphatic imine (C=N–C) groups is 1. The van der Waals surface area contributed by atoms with Crippen LogP contribution in [0.15, 0.2) is 223 Å². The first-order valence-electron chi connectivity index (χ1n) is 20.5. The predicted molar refractivity (Wildman–Crippen MR) is 254 cm³/mol. The van der Waals surface area contributed by atoms with Crippen LogP contribution in [0.4, 0.5) is 17.1 Å². The Labute approximate surface area is 353 Å². The number of para-hydroxylation sites is 3. The second-order valence-electron chi connectivity index (χ2n) is 15.2. The molecule has 1 aromatic heterocycles. The van der Waals surface area contributed by atoms with E-state index in [-0.39, 0.29) is 5.96 Å². The second kappa shape index (κ2) is 15.1. The first-order chi connectivity index (χ1) is 30.2. The van der Waals surface area contributed by atoms with E-state index < -0.39 is 0 Å². The van der Waals surface area contributed by atoms with Crippen molar-refractivity contribution in [3.05, 3.63) is 230 Å². The van der Waals surface area contributed by atoms with Crippen LogP contribution in [0.3, 0.4) is 0 Å². The monoisotopic (exact) mass is 782 g/mol. The van der Waals surface area contributed by atoms with Gasteiger partial charge in [0.05, 0.1) is 28.1 Å². The summed E-state index contributed by atoms with van der Waals surface area (Å²) in [5.74, 6) is 1.75. The summed E-state index contributed by atoms with van der Waals surface area (Å²) in [7, 11) is 0. The zero-order chi connectivity index (χ0) is 40.7. The van der Waals surface area contributed by atoms with Gasteiger partial charge in [-0.1, -0.05) is 164 Å². The van der Waals surface area contributed by atoms with E-state index in [9.17, 15) is 5.41 Å². The normalized spacial score (nSPS) is 12.5. The summed E-state index contributed by atoms with van der Waals surface area (Å²) in [6.45, 7) is 0. The van der Waals surface area contributed by atoms with Gasteiger partial charge in [0.2, 0.25) is 5.96 Å². The highest BCUT2D eigenvalue weighted by Crippen LogP contribution is 2.51.